The molecule has 0 bridgehead atoms. The van der Waals surface area contributed by atoms with Crippen molar-refractivity contribution in [2.45, 2.75) is 38.3 Å². The van der Waals surface area contributed by atoms with Crippen molar-refractivity contribution < 1.29 is 0 Å². The lowest BCUT2D eigenvalue weighted by molar-refractivity contribution is 0.524. The van der Waals surface area contributed by atoms with Gasteiger partial charge in [-0.1, -0.05) is 12.8 Å². The molecule has 1 heterocycles. The maximum absolute atomic E-state index is 3.60. The SMILES string of the molecule is Brc1cscc1CNC1CCCC1. The molecule has 1 fully saturated rings. The summed E-state index contributed by atoms with van der Waals surface area (Å²) < 4.78 is 1.25. The lowest BCUT2D eigenvalue weighted by atomic mass is 10.2. The predicted molar refractivity (Wildman–Crippen MR) is 61.1 cm³/mol. The number of thiophene rings is 1. The standard InChI is InChI=1S/C10H14BrNS/c11-10-7-13-6-8(10)5-12-9-3-1-2-4-9/h6-7,9,12H,1-5H2. The molecule has 0 saturated heterocycles. The van der Waals surface area contributed by atoms with Crippen molar-refractivity contribution in [3.05, 3.63) is 20.8 Å². The van der Waals surface area contributed by atoms with Crippen LogP contribution in [-0.2, 0) is 6.54 Å². The van der Waals surface area contributed by atoms with Crippen molar-refractivity contribution in [1.29, 1.82) is 0 Å². The van der Waals surface area contributed by atoms with Gasteiger partial charge in [0.15, 0.2) is 0 Å². The molecule has 1 aromatic heterocycles. The van der Waals surface area contributed by atoms with E-state index in [0.29, 0.717) is 0 Å². The minimum atomic E-state index is 0.770. The van der Waals surface area contributed by atoms with Crippen molar-refractivity contribution in [2.75, 3.05) is 0 Å². The van der Waals surface area contributed by atoms with Crippen LogP contribution in [0, 0.1) is 0 Å². The van der Waals surface area contributed by atoms with Crippen molar-refractivity contribution in [3.8, 4) is 0 Å². The first kappa shape index (κ1) is 9.69. The molecule has 0 unspecified atom stereocenters. The molecule has 0 radical (unpaired) electrons. The molecule has 0 atom stereocenters. The van der Waals surface area contributed by atoms with Crippen molar-refractivity contribution in [3.63, 3.8) is 0 Å². The third-order valence-corrected chi connectivity index (χ3v) is 4.46. The molecule has 1 aliphatic rings. The van der Waals surface area contributed by atoms with E-state index in [1.807, 2.05) is 0 Å². The zero-order valence-electron chi connectivity index (χ0n) is 7.55. The van der Waals surface area contributed by atoms with Gasteiger partial charge < -0.3 is 5.32 Å². The molecule has 0 amide bonds. The molecule has 1 nitrogen and oxygen atoms in total. The van der Waals surface area contributed by atoms with Crippen LogP contribution in [0.2, 0.25) is 0 Å². The van der Waals surface area contributed by atoms with Gasteiger partial charge in [0.2, 0.25) is 0 Å². The number of halogens is 1. The van der Waals surface area contributed by atoms with Gasteiger partial charge >= 0.3 is 0 Å². The Morgan fingerprint density at radius 2 is 2.15 bits per heavy atom. The summed E-state index contributed by atoms with van der Waals surface area (Å²) in [6.45, 7) is 1.02. The first-order chi connectivity index (χ1) is 6.36. The van der Waals surface area contributed by atoms with Crippen molar-refractivity contribution in [2.24, 2.45) is 0 Å². The second-order valence-electron chi connectivity index (χ2n) is 3.61. The predicted octanol–water partition coefficient (Wildman–Crippen LogP) is 3.54. The summed E-state index contributed by atoms with van der Waals surface area (Å²) in [6, 6.07) is 0.770. The van der Waals surface area contributed by atoms with E-state index in [1.54, 1.807) is 11.3 Å². The van der Waals surface area contributed by atoms with Gasteiger partial charge in [0.05, 0.1) is 0 Å². The molecule has 1 saturated carbocycles. The topological polar surface area (TPSA) is 12.0 Å². The van der Waals surface area contributed by atoms with E-state index >= 15 is 0 Å². The van der Waals surface area contributed by atoms with Crippen LogP contribution in [0.4, 0.5) is 0 Å². The normalized spacial score (nSPS) is 18.2. The van der Waals surface area contributed by atoms with Crippen LogP contribution < -0.4 is 5.32 Å². The van der Waals surface area contributed by atoms with Crippen molar-refractivity contribution >= 4 is 27.3 Å². The molecule has 0 aromatic carbocycles. The van der Waals surface area contributed by atoms with Crippen LogP contribution in [0.5, 0.6) is 0 Å². The Bertz CT molecular complexity index is 266. The van der Waals surface area contributed by atoms with Gasteiger partial charge in [-0.15, -0.1) is 0 Å². The van der Waals surface area contributed by atoms with Crippen LogP contribution in [0.3, 0.4) is 0 Å². The summed E-state index contributed by atoms with van der Waals surface area (Å²) in [5, 5.41) is 7.96. The minimum absolute atomic E-state index is 0.770. The molecule has 2 rings (SSSR count). The lowest BCUT2D eigenvalue weighted by Crippen LogP contribution is -2.25. The molecule has 0 spiro atoms. The molecule has 72 valence electrons. The number of hydrogen-bond acceptors (Lipinski definition) is 2. The van der Waals surface area contributed by atoms with Crippen LogP contribution in [0.1, 0.15) is 31.2 Å². The summed E-state index contributed by atoms with van der Waals surface area (Å²) >= 11 is 5.31. The molecule has 1 N–H and O–H groups in total. The number of rotatable bonds is 3. The van der Waals surface area contributed by atoms with Gasteiger partial charge in [-0.25, -0.2) is 0 Å². The Hall–Kier alpha value is 0.140. The second-order valence-corrected chi connectivity index (χ2v) is 5.21. The van der Waals surface area contributed by atoms with E-state index in [1.165, 1.54) is 35.7 Å². The van der Waals surface area contributed by atoms with E-state index in [-0.39, 0.29) is 0 Å². The van der Waals surface area contributed by atoms with Gasteiger partial charge in [0.25, 0.3) is 0 Å². The Morgan fingerprint density at radius 3 is 2.77 bits per heavy atom. The Morgan fingerprint density at radius 1 is 1.38 bits per heavy atom. The quantitative estimate of drug-likeness (QED) is 0.876. The summed E-state index contributed by atoms with van der Waals surface area (Å²) in [4.78, 5) is 0. The fourth-order valence-corrected chi connectivity index (χ4v) is 3.26. The lowest BCUT2D eigenvalue weighted by Gasteiger charge is -2.10. The Kier molecular flexibility index (Phi) is 3.41. The summed E-state index contributed by atoms with van der Waals surface area (Å²) in [5.41, 5.74) is 1.40. The van der Waals surface area contributed by atoms with E-state index in [9.17, 15) is 0 Å². The molecule has 1 aromatic rings. The highest BCUT2D eigenvalue weighted by atomic mass is 79.9. The average molecular weight is 260 g/mol. The Labute approximate surface area is 91.7 Å². The largest absolute Gasteiger partial charge is 0.310 e. The minimum Gasteiger partial charge on any atom is -0.310 e. The fraction of sp³-hybridized carbons (Fsp3) is 0.600. The first-order valence-corrected chi connectivity index (χ1v) is 6.54. The Balaban J connectivity index is 1.82. The van der Waals surface area contributed by atoms with E-state index < -0.39 is 0 Å². The van der Waals surface area contributed by atoms with E-state index in [2.05, 4.69) is 32.0 Å². The van der Waals surface area contributed by atoms with E-state index in [0.717, 1.165) is 12.6 Å². The van der Waals surface area contributed by atoms with Crippen LogP contribution in [0.15, 0.2) is 15.2 Å². The van der Waals surface area contributed by atoms with Crippen LogP contribution >= 0.6 is 27.3 Å². The van der Waals surface area contributed by atoms with Gasteiger partial charge in [-0.3, -0.25) is 0 Å². The third kappa shape index (κ3) is 2.55. The number of hydrogen-bond donors (Lipinski definition) is 1. The number of nitrogens with one attached hydrogen (secondary N) is 1. The smallest absolute Gasteiger partial charge is 0.0327 e. The zero-order chi connectivity index (χ0) is 9.10. The summed E-state index contributed by atoms with van der Waals surface area (Å²) in [7, 11) is 0. The van der Waals surface area contributed by atoms with Gasteiger partial charge in [0, 0.05) is 22.4 Å². The molecular weight excluding hydrogens is 246 g/mol. The summed E-state index contributed by atoms with van der Waals surface area (Å²) in [6.07, 6.45) is 5.54. The molecule has 1 aliphatic carbocycles. The monoisotopic (exact) mass is 259 g/mol. The first-order valence-electron chi connectivity index (χ1n) is 4.80. The van der Waals surface area contributed by atoms with Gasteiger partial charge in [0.1, 0.15) is 0 Å². The van der Waals surface area contributed by atoms with Crippen molar-refractivity contribution in [1.82, 2.24) is 5.32 Å². The van der Waals surface area contributed by atoms with Gasteiger partial charge in [-0.2, -0.15) is 11.3 Å². The third-order valence-electron chi connectivity index (χ3n) is 2.62. The zero-order valence-corrected chi connectivity index (χ0v) is 9.96. The van der Waals surface area contributed by atoms with Crippen LogP contribution in [-0.4, -0.2) is 6.04 Å². The van der Waals surface area contributed by atoms with E-state index in [4.69, 9.17) is 0 Å². The fourth-order valence-electron chi connectivity index (χ4n) is 1.82. The van der Waals surface area contributed by atoms with Crippen LogP contribution in [0.25, 0.3) is 0 Å². The molecular formula is C10H14BrNS. The molecule has 0 aliphatic heterocycles. The maximum Gasteiger partial charge on any atom is 0.0327 e. The second kappa shape index (κ2) is 4.58. The highest BCUT2D eigenvalue weighted by molar-refractivity contribution is 9.10. The van der Waals surface area contributed by atoms with Gasteiger partial charge in [-0.05, 0) is 39.7 Å². The maximum atomic E-state index is 3.60. The summed E-state index contributed by atoms with van der Waals surface area (Å²) in [5.74, 6) is 0. The highest BCUT2D eigenvalue weighted by Crippen LogP contribution is 2.23. The molecule has 3 heteroatoms. The molecule has 13 heavy (non-hydrogen) atoms. The average Bonchev–Trinajstić information content (AvgIpc) is 2.72. The highest BCUT2D eigenvalue weighted by Gasteiger charge is 2.14.